The first-order valence-electron chi connectivity index (χ1n) is 9.12. The molecule has 1 aliphatic carbocycles. The standard InChI is InChI=1S/C21H16F4N2O3/c22-15-7-3-2-6-14(15)17-11-18(27-30-17)20(9-10-20)19(28)26-12-13-5-1-4-8-16(13)29-21(23,24)25/h1-8,11H,9-10,12H2,(H,26,28). The molecule has 0 unspecified atom stereocenters. The Morgan fingerprint density at radius 2 is 1.83 bits per heavy atom. The molecule has 30 heavy (non-hydrogen) atoms. The molecule has 1 saturated carbocycles. The fourth-order valence-corrected chi connectivity index (χ4v) is 3.23. The maximum Gasteiger partial charge on any atom is 0.573 e. The molecular formula is C21H16F4N2O3. The molecule has 0 aliphatic heterocycles. The Hall–Kier alpha value is -3.36. The van der Waals surface area contributed by atoms with Gasteiger partial charge < -0.3 is 14.6 Å². The van der Waals surface area contributed by atoms with Crippen LogP contribution >= 0.6 is 0 Å². The van der Waals surface area contributed by atoms with E-state index >= 15 is 0 Å². The lowest BCUT2D eigenvalue weighted by Gasteiger charge is -2.15. The Balaban J connectivity index is 1.48. The third kappa shape index (κ3) is 4.00. The van der Waals surface area contributed by atoms with Gasteiger partial charge in [0.15, 0.2) is 5.76 Å². The number of hydrogen-bond acceptors (Lipinski definition) is 4. The topological polar surface area (TPSA) is 64.4 Å². The Morgan fingerprint density at radius 3 is 2.53 bits per heavy atom. The van der Waals surface area contributed by atoms with Crippen LogP contribution in [-0.4, -0.2) is 17.4 Å². The Morgan fingerprint density at radius 1 is 1.13 bits per heavy atom. The van der Waals surface area contributed by atoms with E-state index in [-0.39, 0.29) is 29.2 Å². The molecule has 2 aromatic carbocycles. The largest absolute Gasteiger partial charge is 0.573 e. The number of alkyl halides is 3. The van der Waals surface area contributed by atoms with Gasteiger partial charge >= 0.3 is 6.36 Å². The first kappa shape index (κ1) is 19.9. The van der Waals surface area contributed by atoms with Crippen LogP contribution in [0, 0.1) is 5.82 Å². The van der Waals surface area contributed by atoms with Gasteiger partial charge in [-0.1, -0.05) is 35.5 Å². The van der Waals surface area contributed by atoms with E-state index in [0.717, 1.165) is 0 Å². The van der Waals surface area contributed by atoms with Crippen molar-refractivity contribution < 1.29 is 31.6 Å². The maximum absolute atomic E-state index is 14.0. The van der Waals surface area contributed by atoms with Gasteiger partial charge in [0.25, 0.3) is 0 Å². The van der Waals surface area contributed by atoms with Gasteiger partial charge in [-0.05, 0) is 31.0 Å². The van der Waals surface area contributed by atoms with Crippen molar-refractivity contribution in [2.24, 2.45) is 0 Å². The highest BCUT2D eigenvalue weighted by Crippen LogP contribution is 2.48. The number of aromatic nitrogens is 1. The Bertz CT molecular complexity index is 1070. The van der Waals surface area contributed by atoms with E-state index in [2.05, 4.69) is 15.2 Å². The lowest BCUT2D eigenvalue weighted by Crippen LogP contribution is -2.34. The van der Waals surface area contributed by atoms with Crippen molar-refractivity contribution >= 4 is 5.91 Å². The number of amides is 1. The summed E-state index contributed by atoms with van der Waals surface area (Å²) in [5.74, 6) is -1.04. The number of benzene rings is 2. The van der Waals surface area contributed by atoms with E-state index in [9.17, 15) is 22.4 Å². The molecule has 1 aromatic heterocycles. The zero-order chi connectivity index (χ0) is 21.4. The fourth-order valence-electron chi connectivity index (χ4n) is 3.23. The van der Waals surface area contributed by atoms with Crippen LogP contribution < -0.4 is 10.1 Å². The molecule has 0 radical (unpaired) electrons. The van der Waals surface area contributed by atoms with Gasteiger partial charge in [-0.2, -0.15) is 0 Å². The predicted molar refractivity (Wildman–Crippen MR) is 97.8 cm³/mol. The minimum atomic E-state index is -4.83. The Labute approximate surface area is 168 Å². The van der Waals surface area contributed by atoms with Crippen molar-refractivity contribution in [2.45, 2.75) is 31.2 Å². The van der Waals surface area contributed by atoms with Crippen molar-refractivity contribution in [1.82, 2.24) is 10.5 Å². The van der Waals surface area contributed by atoms with Crippen molar-refractivity contribution in [2.75, 3.05) is 0 Å². The smallest absolute Gasteiger partial charge is 0.405 e. The number of carbonyl (C=O) groups excluding carboxylic acids is 1. The summed E-state index contributed by atoms with van der Waals surface area (Å²) in [6.07, 6.45) is -3.83. The van der Waals surface area contributed by atoms with E-state index in [1.54, 1.807) is 18.2 Å². The number of ether oxygens (including phenoxy) is 1. The second-order valence-electron chi connectivity index (χ2n) is 6.98. The molecule has 0 spiro atoms. The van der Waals surface area contributed by atoms with Crippen molar-refractivity contribution in [3.63, 3.8) is 0 Å². The van der Waals surface area contributed by atoms with E-state index in [1.165, 1.54) is 36.4 Å². The second-order valence-corrected chi connectivity index (χ2v) is 6.98. The summed E-state index contributed by atoms with van der Waals surface area (Å²) < 4.78 is 60.9. The van der Waals surface area contributed by atoms with Gasteiger partial charge in [-0.25, -0.2) is 4.39 Å². The van der Waals surface area contributed by atoms with Crippen LogP contribution in [0.25, 0.3) is 11.3 Å². The lowest BCUT2D eigenvalue weighted by atomic mass is 10.00. The molecule has 1 amide bonds. The molecular weight excluding hydrogens is 404 g/mol. The number of halogens is 4. The van der Waals surface area contributed by atoms with Crippen LogP contribution in [0.2, 0.25) is 0 Å². The van der Waals surface area contributed by atoms with Gasteiger partial charge in [0.05, 0.1) is 16.7 Å². The lowest BCUT2D eigenvalue weighted by molar-refractivity contribution is -0.274. The molecule has 0 saturated heterocycles. The van der Waals surface area contributed by atoms with Crippen molar-refractivity contribution in [3.8, 4) is 17.1 Å². The summed E-state index contributed by atoms with van der Waals surface area (Å²) in [5, 5.41) is 6.58. The minimum Gasteiger partial charge on any atom is -0.405 e. The first-order chi connectivity index (χ1) is 14.3. The highest BCUT2D eigenvalue weighted by molar-refractivity contribution is 5.91. The maximum atomic E-state index is 14.0. The number of carbonyl (C=O) groups is 1. The van der Waals surface area contributed by atoms with Crippen LogP contribution in [-0.2, 0) is 16.8 Å². The van der Waals surface area contributed by atoms with Crippen LogP contribution in [0.1, 0.15) is 24.1 Å². The van der Waals surface area contributed by atoms with E-state index in [0.29, 0.717) is 18.5 Å². The van der Waals surface area contributed by atoms with Gasteiger partial charge in [0, 0.05) is 18.2 Å². The summed E-state index contributed by atoms with van der Waals surface area (Å²) in [6, 6.07) is 13.1. The zero-order valence-electron chi connectivity index (χ0n) is 15.5. The summed E-state index contributed by atoms with van der Waals surface area (Å²) in [6.45, 7) is -0.148. The van der Waals surface area contributed by atoms with Crippen LogP contribution in [0.5, 0.6) is 5.75 Å². The normalized spacial score (nSPS) is 14.9. The molecule has 156 valence electrons. The zero-order valence-corrected chi connectivity index (χ0v) is 15.5. The van der Waals surface area contributed by atoms with E-state index in [4.69, 9.17) is 4.52 Å². The molecule has 5 nitrogen and oxygen atoms in total. The molecule has 0 atom stereocenters. The molecule has 4 rings (SSSR count). The van der Waals surface area contributed by atoms with Gasteiger partial charge in [-0.3, -0.25) is 4.79 Å². The molecule has 1 fully saturated rings. The number of nitrogens with one attached hydrogen (secondary N) is 1. The monoisotopic (exact) mass is 420 g/mol. The van der Waals surface area contributed by atoms with Gasteiger partial charge in [0.2, 0.25) is 5.91 Å². The van der Waals surface area contributed by atoms with Crippen LogP contribution in [0.4, 0.5) is 17.6 Å². The molecule has 1 heterocycles. The fraction of sp³-hybridized carbons (Fsp3) is 0.238. The third-order valence-corrected chi connectivity index (χ3v) is 4.96. The third-order valence-electron chi connectivity index (χ3n) is 4.96. The average molecular weight is 420 g/mol. The van der Waals surface area contributed by atoms with Gasteiger partial charge in [-0.15, -0.1) is 13.2 Å². The van der Waals surface area contributed by atoms with E-state index < -0.39 is 23.5 Å². The molecule has 9 heteroatoms. The number of hydrogen-bond donors (Lipinski definition) is 1. The minimum absolute atomic E-state index is 0.148. The summed E-state index contributed by atoms with van der Waals surface area (Å²) in [7, 11) is 0. The van der Waals surface area contributed by atoms with E-state index in [1.807, 2.05) is 0 Å². The number of rotatable bonds is 6. The van der Waals surface area contributed by atoms with Gasteiger partial charge in [0.1, 0.15) is 11.6 Å². The van der Waals surface area contributed by atoms with Crippen molar-refractivity contribution in [1.29, 1.82) is 0 Å². The molecule has 3 aromatic rings. The predicted octanol–water partition coefficient (Wildman–Crippen LogP) is 4.73. The summed E-state index contributed by atoms with van der Waals surface area (Å²) >= 11 is 0. The highest BCUT2D eigenvalue weighted by atomic mass is 19.4. The summed E-state index contributed by atoms with van der Waals surface area (Å²) in [5.41, 5.74) is -0.165. The number of para-hydroxylation sites is 1. The summed E-state index contributed by atoms with van der Waals surface area (Å²) in [4.78, 5) is 12.8. The van der Waals surface area contributed by atoms with Crippen LogP contribution in [0.15, 0.2) is 59.1 Å². The Kier molecular flexibility index (Phi) is 4.97. The second kappa shape index (κ2) is 7.47. The molecule has 0 bridgehead atoms. The molecule has 1 aliphatic rings. The quantitative estimate of drug-likeness (QED) is 0.586. The average Bonchev–Trinajstić information content (AvgIpc) is 3.37. The SMILES string of the molecule is O=C(NCc1ccccc1OC(F)(F)F)C1(c2cc(-c3ccccc3F)on2)CC1. The first-order valence-corrected chi connectivity index (χ1v) is 9.12. The highest BCUT2D eigenvalue weighted by Gasteiger charge is 2.53. The van der Waals surface area contributed by atoms with Crippen molar-refractivity contribution in [3.05, 3.63) is 71.7 Å². The molecule has 1 N–H and O–H groups in total. The number of nitrogens with zero attached hydrogens (tertiary/aromatic N) is 1. The van der Waals surface area contributed by atoms with Crippen LogP contribution in [0.3, 0.4) is 0 Å².